The summed E-state index contributed by atoms with van der Waals surface area (Å²) in [5.74, 6) is 0.889. The summed E-state index contributed by atoms with van der Waals surface area (Å²) in [6, 6.07) is 7.47. The van der Waals surface area contributed by atoms with Gasteiger partial charge in [0.2, 0.25) is 5.91 Å². The summed E-state index contributed by atoms with van der Waals surface area (Å²) in [5.41, 5.74) is 0.593. The fraction of sp³-hybridized carbons (Fsp3) is 0.545. The van der Waals surface area contributed by atoms with Crippen molar-refractivity contribution in [2.24, 2.45) is 0 Å². The third-order valence-electron chi connectivity index (χ3n) is 5.71. The van der Waals surface area contributed by atoms with E-state index in [1.54, 1.807) is 6.07 Å². The average Bonchev–Trinajstić information content (AvgIpc) is 2.93. The average molecular weight is 370 g/mol. The van der Waals surface area contributed by atoms with E-state index in [9.17, 15) is 9.59 Å². The number of carbonyl (C=O) groups excluding carboxylic acids is 2. The van der Waals surface area contributed by atoms with Crippen molar-refractivity contribution >= 4 is 11.8 Å². The highest BCUT2D eigenvalue weighted by Gasteiger charge is 2.46. The minimum Gasteiger partial charge on any atom is -0.491 e. The molecule has 0 bridgehead atoms. The molecule has 1 N–H and O–H groups in total. The van der Waals surface area contributed by atoms with Crippen LogP contribution in [0.25, 0.3) is 0 Å². The predicted molar refractivity (Wildman–Crippen MR) is 106 cm³/mol. The van der Waals surface area contributed by atoms with E-state index in [2.05, 4.69) is 11.9 Å². The molecule has 27 heavy (non-hydrogen) atoms. The Morgan fingerprint density at radius 2 is 2.11 bits per heavy atom. The van der Waals surface area contributed by atoms with E-state index in [4.69, 9.17) is 4.74 Å². The van der Waals surface area contributed by atoms with Crippen LogP contribution in [0, 0.1) is 0 Å². The Balaban J connectivity index is 1.58. The van der Waals surface area contributed by atoms with Crippen LogP contribution in [0.1, 0.15) is 62.7 Å². The summed E-state index contributed by atoms with van der Waals surface area (Å²) >= 11 is 0. The zero-order valence-corrected chi connectivity index (χ0v) is 16.4. The second-order valence-electron chi connectivity index (χ2n) is 7.96. The molecule has 0 aromatic heterocycles. The van der Waals surface area contributed by atoms with E-state index in [0.717, 1.165) is 32.1 Å². The highest BCUT2D eigenvalue weighted by molar-refractivity contribution is 5.94. The van der Waals surface area contributed by atoms with Crippen molar-refractivity contribution in [3.8, 4) is 5.75 Å². The molecule has 1 aromatic rings. The Hall–Kier alpha value is -2.30. The normalized spacial score (nSPS) is 25.1. The lowest BCUT2D eigenvalue weighted by molar-refractivity contribution is -0.131. The maximum Gasteiger partial charge on any atom is 0.251 e. The van der Waals surface area contributed by atoms with Gasteiger partial charge >= 0.3 is 0 Å². The second kappa shape index (κ2) is 8.15. The van der Waals surface area contributed by atoms with Crippen LogP contribution in [0.4, 0.5) is 0 Å². The van der Waals surface area contributed by atoms with Gasteiger partial charge in [0.1, 0.15) is 5.75 Å². The summed E-state index contributed by atoms with van der Waals surface area (Å²) in [4.78, 5) is 26.8. The molecule has 2 aliphatic rings. The maximum absolute atomic E-state index is 12.6. The fourth-order valence-electron chi connectivity index (χ4n) is 4.37. The van der Waals surface area contributed by atoms with Gasteiger partial charge in [-0.25, -0.2) is 0 Å². The van der Waals surface area contributed by atoms with Gasteiger partial charge in [-0.1, -0.05) is 12.1 Å². The zero-order chi connectivity index (χ0) is 19.4. The first kappa shape index (κ1) is 19.5. The molecule has 0 unspecified atom stereocenters. The molecule has 2 amide bonds. The number of nitrogens with one attached hydrogen (secondary N) is 1. The van der Waals surface area contributed by atoms with E-state index in [0.29, 0.717) is 24.3 Å². The molecule has 1 saturated heterocycles. The van der Waals surface area contributed by atoms with Crippen molar-refractivity contribution in [3.05, 3.63) is 42.5 Å². The van der Waals surface area contributed by atoms with Crippen LogP contribution < -0.4 is 10.1 Å². The van der Waals surface area contributed by atoms with Crippen molar-refractivity contribution in [2.45, 2.75) is 70.1 Å². The van der Waals surface area contributed by atoms with Gasteiger partial charge < -0.3 is 15.0 Å². The number of nitrogens with zero attached hydrogens (tertiary/aromatic N) is 1. The molecule has 1 aliphatic carbocycles. The van der Waals surface area contributed by atoms with Crippen LogP contribution in [0.5, 0.6) is 5.75 Å². The molecular formula is C22H30N2O3. The summed E-state index contributed by atoms with van der Waals surface area (Å²) < 4.78 is 5.68. The van der Waals surface area contributed by atoms with Crippen molar-refractivity contribution in [1.29, 1.82) is 0 Å². The standard InChI is InChI=1S/C22H30N2O3/c1-4-14-24-20(25)10-13-22(24)11-8-18(9-12-22)23-21(26)17-6-5-7-19(15-17)27-16(2)3/h4-7,15-16,18H,1,8-14H2,2-3H3,(H,23,26). The van der Waals surface area contributed by atoms with Crippen molar-refractivity contribution in [3.63, 3.8) is 0 Å². The quantitative estimate of drug-likeness (QED) is 0.777. The van der Waals surface area contributed by atoms with Crippen LogP contribution in [0.3, 0.4) is 0 Å². The van der Waals surface area contributed by atoms with Gasteiger partial charge in [0, 0.05) is 30.1 Å². The third-order valence-corrected chi connectivity index (χ3v) is 5.71. The van der Waals surface area contributed by atoms with E-state index >= 15 is 0 Å². The van der Waals surface area contributed by atoms with E-state index in [-0.39, 0.29) is 29.5 Å². The largest absolute Gasteiger partial charge is 0.491 e. The SMILES string of the molecule is C=CCN1C(=O)CCC12CCC(NC(=O)c1cccc(OC(C)C)c1)CC2. The predicted octanol–water partition coefficient (Wildman–Crippen LogP) is 3.69. The fourth-order valence-corrected chi connectivity index (χ4v) is 4.37. The molecule has 5 nitrogen and oxygen atoms in total. The molecule has 146 valence electrons. The van der Waals surface area contributed by atoms with Crippen LogP contribution in [0.15, 0.2) is 36.9 Å². The van der Waals surface area contributed by atoms with Crippen LogP contribution >= 0.6 is 0 Å². The Kier molecular flexibility index (Phi) is 5.88. The van der Waals surface area contributed by atoms with Crippen molar-refractivity contribution in [1.82, 2.24) is 10.2 Å². The first-order valence-corrected chi connectivity index (χ1v) is 9.92. The summed E-state index contributed by atoms with van der Waals surface area (Å²) in [7, 11) is 0. The first-order valence-electron chi connectivity index (χ1n) is 9.92. The summed E-state index contributed by atoms with van der Waals surface area (Å²) in [5, 5.41) is 3.16. The van der Waals surface area contributed by atoms with Crippen molar-refractivity contribution < 1.29 is 14.3 Å². The Morgan fingerprint density at radius 3 is 2.78 bits per heavy atom. The highest BCUT2D eigenvalue weighted by Crippen LogP contribution is 2.42. The Labute approximate surface area is 161 Å². The van der Waals surface area contributed by atoms with E-state index in [1.165, 1.54) is 0 Å². The smallest absolute Gasteiger partial charge is 0.251 e. The highest BCUT2D eigenvalue weighted by atomic mass is 16.5. The topological polar surface area (TPSA) is 58.6 Å². The van der Waals surface area contributed by atoms with E-state index in [1.807, 2.05) is 43.0 Å². The number of benzene rings is 1. The molecule has 3 rings (SSSR count). The van der Waals surface area contributed by atoms with Gasteiger partial charge in [-0.3, -0.25) is 9.59 Å². The first-order chi connectivity index (χ1) is 12.9. The summed E-state index contributed by atoms with van der Waals surface area (Å²) in [6.07, 6.45) is 7.12. The Morgan fingerprint density at radius 1 is 1.37 bits per heavy atom. The molecule has 1 spiro atoms. The van der Waals surface area contributed by atoms with Crippen molar-refractivity contribution in [2.75, 3.05) is 6.54 Å². The second-order valence-corrected chi connectivity index (χ2v) is 7.96. The maximum atomic E-state index is 12.6. The minimum atomic E-state index is -0.0596. The minimum absolute atomic E-state index is 0.0302. The number of rotatable bonds is 6. The monoisotopic (exact) mass is 370 g/mol. The molecule has 5 heteroatoms. The zero-order valence-electron chi connectivity index (χ0n) is 16.4. The molecule has 0 atom stereocenters. The third kappa shape index (κ3) is 4.34. The van der Waals surface area contributed by atoms with Crippen LogP contribution in [-0.2, 0) is 4.79 Å². The number of hydrogen-bond acceptors (Lipinski definition) is 3. The lowest BCUT2D eigenvalue weighted by atomic mass is 9.77. The van der Waals surface area contributed by atoms with Gasteiger partial charge in [0.25, 0.3) is 5.91 Å². The number of amides is 2. The number of ether oxygens (including phenoxy) is 1. The van der Waals surface area contributed by atoms with Gasteiger partial charge in [-0.15, -0.1) is 6.58 Å². The lowest BCUT2D eigenvalue weighted by Gasteiger charge is -2.43. The molecule has 1 saturated carbocycles. The van der Waals surface area contributed by atoms with Gasteiger partial charge in [0.15, 0.2) is 0 Å². The van der Waals surface area contributed by atoms with Gasteiger partial charge in [0.05, 0.1) is 6.10 Å². The molecule has 2 fully saturated rings. The number of carbonyl (C=O) groups is 2. The molecule has 0 radical (unpaired) electrons. The lowest BCUT2D eigenvalue weighted by Crippen LogP contribution is -2.51. The molecule has 1 aliphatic heterocycles. The number of hydrogen-bond donors (Lipinski definition) is 1. The van der Waals surface area contributed by atoms with Gasteiger partial charge in [-0.2, -0.15) is 0 Å². The summed E-state index contributed by atoms with van der Waals surface area (Å²) in [6.45, 7) is 8.34. The van der Waals surface area contributed by atoms with Crippen LogP contribution in [0.2, 0.25) is 0 Å². The number of likely N-dealkylation sites (tertiary alicyclic amines) is 1. The molecular weight excluding hydrogens is 340 g/mol. The van der Waals surface area contributed by atoms with Crippen LogP contribution in [-0.4, -0.2) is 40.9 Å². The molecule has 1 aromatic carbocycles. The Bertz CT molecular complexity index is 705. The molecule has 1 heterocycles. The van der Waals surface area contributed by atoms with Gasteiger partial charge in [-0.05, 0) is 64.2 Å². The van der Waals surface area contributed by atoms with E-state index < -0.39 is 0 Å².